The Bertz CT molecular complexity index is 289. The van der Waals surface area contributed by atoms with E-state index in [1.165, 1.54) is 17.1 Å². The lowest BCUT2D eigenvalue weighted by Crippen LogP contribution is -2.34. The Balaban J connectivity index is 2.03. The first-order chi connectivity index (χ1) is 7.61. The van der Waals surface area contributed by atoms with E-state index in [1.54, 1.807) is 0 Å². The second kappa shape index (κ2) is 6.24. The van der Waals surface area contributed by atoms with Crippen LogP contribution in [-0.2, 0) is 14.3 Å². The molecule has 0 fully saturated rings. The van der Waals surface area contributed by atoms with Crippen LogP contribution in [0.2, 0.25) is 0 Å². The first-order valence-corrected chi connectivity index (χ1v) is 5.07. The van der Waals surface area contributed by atoms with Crippen molar-refractivity contribution in [2.75, 3.05) is 19.8 Å². The Morgan fingerprint density at radius 2 is 2.25 bits per heavy atom. The Hall–Kier alpha value is -1.40. The van der Waals surface area contributed by atoms with Crippen LogP contribution in [0.15, 0.2) is 12.2 Å². The number of carbonyl (C=O) groups is 2. The van der Waals surface area contributed by atoms with Crippen molar-refractivity contribution in [1.29, 1.82) is 0 Å². The number of ether oxygens (including phenoxy) is 1. The fourth-order valence-corrected chi connectivity index (χ4v) is 1.34. The van der Waals surface area contributed by atoms with Crippen LogP contribution >= 0.6 is 0 Å². The first kappa shape index (κ1) is 12.7. The zero-order chi connectivity index (χ0) is 12.0. The third-order valence-electron chi connectivity index (χ3n) is 2.16. The smallest absolute Gasteiger partial charge is 0.305 e. The van der Waals surface area contributed by atoms with Gasteiger partial charge in [-0.15, -0.1) is 0 Å². The maximum atomic E-state index is 11.2. The second-order valence-electron chi connectivity index (χ2n) is 3.41. The molecule has 1 amide bonds. The molecule has 1 unspecified atom stereocenters. The van der Waals surface area contributed by atoms with Gasteiger partial charge in [0.05, 0.1) is 13.0 Å². The van der Waals surface area contributed by atoms with Crippen molar-refractivity contribution < 1.29 is 24.5 Å². The van der Waals surface area contributed by atoms with Gasteiger partial charge in [0.2, 0.25) is 5.91 Å². The molecule has 0 saturated heterocycles. The Morgan fingerprint density at radius 1 is 1.50 bits per heavy atom. The summed E-state index contributed by atoms with van der Waals surface area (Å²) in [6.07, 6.45) is 2.46. The third-order valence-corrected chi connectivity index (χ3v) is 2.16. The summed E-state index contributed by atoms with van der Waals surface area (Å²) in [5.74, 6) is -1.10. The predicted molar refractivity (Wildman–Crippen MR) is 54.5 cm³/mol. The molecule has 16 heavy (non-hydrogen) atoms. The summed E-state index contributed by atoms with van der Waals surface area (Å²) in [5, 5.41) is 17.7. The summed E-state index contributed by atoms with van der Waals surface area (Å²) >= 11 is 0. The SMILES string of the molecule is O=C(O)CCOCCCN1C(=O)C=CC1O. The van der Waals surface area contributed by atoms with E-state index in [2.05, 4.69) is 0 Å². The van der Waals surface area contributed by atoms with Crippen LogP contribution in [0.3, 0.4) is 0 Å². The number of hydrogen-bond acceptors (Lipinski definition) is 4. The first-order valence-electron chi connectivity index (χ1n) is 5.07. The van der Waals surface area contributed by atoms with E-state index in [-0.39, 0.29) is 18.9 Å². The normalized spacial score (nSPS) is 19.4. The average Bonchev–Trinajstić information content (AvgIpc) is 2.53. The van der Waals surface area contributed by atoms with Crippen LogP contribution in [0.5, 0.6) is 0 Å². The number of carboxylic acid groups (broad SMARTS) is 1. The van der Waals surface area contributed by atoms with Crippen molar-refractivity contribution in [3.63, 3.8) is 0 Å². The fourth-order valence-electron chi connectivity index (χ4n) is 1.34. The number of aliphatic hydroxyl groups is 1. The standard InChI is InChI=1S/C10H15NO5/c12-8-2-3-9(13)11(8)5-1-6-16-7-4-10(14)15/h2-3,8,12H,1,4-7H2,(H,14,15). The summed E-state index contributed by atoms with van der Waals surface area (Å²) in [5.41, 5.74) is 0. The van der Waals surface area contributed by atoms with Crippen molar-refractivity contribution in [2.45, 2.75) is 19.1 Å². The second-order valence-corrected chi connectivity index (χ2v) is 3.41. The molecule has 0 saturated carbocycles. The highest BCUT2D eigenvalue weighted by atomic mass is 16.5. The van der Waals surface area contributed by atoms with E-state index in [4.69, 9.17) is 9.84 Å². The van der Waals surface area contributed by atoms with Gasteiger partial charge in [-0.2, -0.15) is 0 Å². The Morgan fingerprint density at radius 3 is 2.81 bits per heavy atom. The molecule has 2 N–H and O–H groups in total. The lowest BCUT2D eigenvalue weighted by molar-refractivity contribution is -0.138. The molecule has 6 heteroatoms. The average molecular weight is 229 g/mol. The van der Waals surface area contributed by atoms with E-state index in [1.807, 2.05) is 0 Å². The lowest BCUT2D eigenvalue weighted by Gasteiger charge is -2.19. The molecule has 1 rings (SSSR count). The van der Waals surface area contributed by atoms with Crippen molar-refractivity contribution >= 4 is 11.9 Å². The van der Waals surface area contributed by atoms with E-state index < -0.39 is 12.2 Å². The van der Waals surface area contributed by atoms with Crippen molar-refractivity contribution in [2.24, 2.45) is 0 Å². The van der Waals surface area contributed by atoms with Gasteiger partial charge in [-0.1, -0.05) is 0 Å². The molecule has 1 aliphatic heterocycles. The molecule has 0 aromatic carbocycles. The van der Waals surface area contributed by atoms with Crippen LogP contribution in [0.1, 0.15) is 12.8 Å². The molecule has 1 heterocycles. The topological polar surface area (TPSA) is 87.1 Å². The minimum absolute atomic E-state index is 0.0210. The van der Waals surface area contributed by atoms with Gasteiger partial charge in [-0.25, -0.2) is 0 Å². The molecule has 1 atom stereocenters. The largest absolute Gasteiger partial charge is 0.481 e. The number of aliphatic hydroxyl groups excluding tert-OH is 1. The van der Waals surface area contributed by atoms with Gasteiger partial charge in [-0.05, 0) is 12.5 Å². The molecule has 0 radical (unpaired) electrons. The number of aliphatic carboxylic acids is 1. The van der Waals surface area contributed by atoms with Crippen LogP contribution in [-0.4, -0.2) is 53.0 Å². The van der Waals surface area contributed by atoms with Gasteiger partial charge in [0, 0.05) is 19.2 Å². The lowest BCUT2D eigenvalue weighted by atomic mass is 10.4. The van der Waals surface area contributed by atoms with E-state index in [9.17, 15) is 14.7 Å². The van der Waals surface area contributed by atoms with Crippen LogP contribution < -0.4 is 0 Å². The maximum Gasteiger partial charge on any atom is 0.305 e. The number of carbonyl (C=O) groups excluding carboxylic acids is 1. The summed E-state index contributed by atoms with van der Waals surface area (Å²) < 4.78 is 5.05. The molecule has 90 valence electrons. The molecule has 0 spiro atoms. The summed E-state index contributed by atoms with van der Waals surface area (Å²) in [6.45, 7) is 0.952. The van der Waals surface area contributed by atoms with Crippen LogP contribution in [0.4, 0.5) is 0 Å². The third kappa shape index (κ3) is 4.00. The number of nitrogens with zero attached hydrogens (tertiary/aromatic N) is 1. The highest BCUT2D eigenvalue weighted by Crippen LogP contribution is 2.08. The number of carboxylic acids is 1. The molecule has 0 aliphatic carbocycles. The van der Waals surface area contributed by atoms with Gasteiger partial charge in [0.1, 0.15) is 6.23 Å². The highest BCUT2D eigenvalue weighted by Gasteiger charge is 2.22. The zero-order valence-electron chi connectivity index (χ0n) is 8.83. The number of rotatable bonds is 7. The van der Waals surface area contributed by atoms with E-state index in [0.717, 1.165) is 0 Å². The monoisotopic (exact) mass is 229 g/mol. The minimum atomic E-state index is -0.894. The molecule has 0 bridgehead atoms. The van der Waals surface area contributed by atoms with Crippen molar-refractivity contribution in [1.82, 2.24) is 4.90 Å². The summed E-state index contributed by atoms with van der Waals surface area (Å²) in [4.78, 5) is 22.6. The molecular formula is C10H15NO5. The number of hydrogen-bond donors (Lipinski definition) is 2. The quantitative estimate of drug-likeness (QED) is 0.579. The van der Waals surface area contributed by atoms with Gasteiger partial charge < -0.3 is 19.8 Å². The minimum Gasteiger partial charge on any atom is -0.481 e. The Labute approximate surface area is 93.1 Å². The number of amides is 1. The zero-order valence-corrected chi connectivity index (χ0v) is 8.83. The molecule has 6 nitrogen and oxygen atoms in total. The van der Waals surface area contributed by atoms with Gasteiger partial charge >= 0.3 is 5.97 Å². The van der Waals surface area contributed by atoms with Gasteiger partial charge in [0.15, 0.2) is 0 Å². The van der Waals surface area contributed by atoms with Crippen LogP contribution in [0.25, 0.3) is 0 Å². The predicted octanol–water partition coefficient (Wildman–Crippen LogP) is -0.415. The van der Waals surface area contributed by atoms with Crippen molar-refractivity contribution in [3.8, 4) is 0 Å². The maximum absolute atomic E-state index is 11.2. The van der Waals surface area contributed by atoms with Gasteiger partial charge in [0.25, 0.3) is 0 Å². The van der Waals surface area contributed by atoms with Crippen LogP contribution in [0, 0.1) is 0 Å². The molecular weight excluding hydrogens is 214 g/mol. The highest BCUT2D eigenvalue weighted by molar-refractivity contribution is 5.90. The van der Waals surface area contributed by atoms with E-state index >= 15 is 0 Å². The summed E-state index contributed by atoms with van der Waals surface area (Å²) in [6, 6.07) is 0. The van der Waals surface area contributed by atoms with Crippen molar-refractivity contribution in [3.05, 3.63) is 12.2 Å². The summed E-state index contributed by atoms with van der Waals surface area (Å²) in [7, 11) is 0. The molecule has 0 aromatic rings. The fraction of sp³-hybridized carbons (Fsp3) is 0.600. The Kier molecular flexibility index (Phi) is 4.94. The van der Waals surface area contributed by atoms with Gasteiger partial charge in [-0.3, -0.25) is 9.59 Å². The molecule has 1 aliphatic rings. The van der Waals surface area contributed by atoms with E-state index in [0.29, 0.717) is 19.6 Å². The molecule has 0 aromatic heterocycles.